The van der Waals surface area contributed by atoms with Crippen molar-refractivity contribution in [1.82, 2.24) is 9.80 Å². The Kier molecular flexibility index (Phi) is 9.14. The molecule has 8 nitrogen and oxygen atoms in total. The van der Waals surface area contributed by atoms with Crippen LogP contribution in [0.2, 0.25) is 0 Å². The lowest BCUT2D eigenvalue weighted by molar-refractivity contribution is -0.116. The molecule has 3 rings (SSSR count). The molecule has 34 heavy (non-hydrogen) atoms. The zero-order chi connectivity index (χ0) is 24.7. The fourth-order valence-corrected chi connectivity index (χ4v) is 5.09. The molecule has 1 saturated heterocycles. The molecule has 1 aromatic carbocycles. The SMILES string of the molecule is COC(=O)c1sc(NC(=O)CCN2CCCN(Cc3ccccc3F)CC2)c(C(=O)OC)c1C. The monoisotopic (exact) mass is 491 g/mol. The number of ether oxygens (including phenoxy) is 2. The molecule has 1 fully saturated rings. The number of carbonyl (C=O) groups excluding carboxylic acids is 3. The fourth-order valence-electron chi connectivity index (χ4n) is 3.96. The lowest BCUT2D eigenvalue weighted by Crippen LogP contribution is -2.32. The Morgan fingerprint density at radius 3 is 2.41 bits per heavy atom. The van der Waals surface area contributed by atoms with Crippen LogP contribution in [0.25, 0.3) is 0 Å². The molecular formula is C24H30FN3O5S. The third-order valence-electron chi connectivity index (χ3n) is 5.85. The number of thiophene rings is 1. The van der Waals surface area contributed by atoms with Gasteiger partial charge in [0.05, 0.1) is 19.8 Å². The van der Waals surface area contributed by atoms with Gasteiger partial charge in [-0.25, -0.2) is 14.0 Å². The zero-order valence-corrected chi connectivity index (χ0v) is 20.5. The summed E-state index contributed by atoms with van der Waals surface area (Å²) >= 11 is 1.000. The van der Waals surface area contributed by atoms with Crippen molar-refractivity contribution in [2.45, 2.75) is 26.3 Å². The van der Waals surface area contributed by atoms with E-state index in [9.17, 15) is 18.8 Å². The number of halogens is 1. The summed E-state index contributed by atoms with van der Waals surface area (Å²) in [6.07, 6.45) is 1.16. The minimum Gasteiger partial charge on any atom is -0.465 e. The number of anilines is 1. The lowest BCUT2D eigenvalue weighted by Gasteiger charge is -2.22. The van der Waals surface area contributed by atoms with Crippen molar-refractivity contribution >= 4 is 34.2 Å². The standard InChI is InChI=1S/C24H30FN3O5S/c1-16-20(23(30)32-2)22(34-21(16)24(31)33-3)26-19(29)9-12-27-10-6-11-28(14-13-27)15-17-7-4-5-8-18(17)25/h4-5,7-8H,6,9-15H2,1-3H3,(H,26,29). The lowest BCUT2D eigenvalue weighted by atomic mass is 10.1. The molecule has 1 aromatic heterocycles. The number of rotatable bonds is 8. The summed E-state index contributed by atoms with van der Waals surface area (Å²) in [6, 6.07) is 6.82. The maximum Gasteiger partial charge on any atom is 0.348 e. The smallest absolute Gasteiger partial charge is 0.348 e. The number of nitrogens with one attached hydrogen (secondary N) is 1. The van der Waals surface area contributed by atoms with Crippen molar-refractivity contribution in [2.75, 3.05) is 52.3 Å². The molecule has 1 N–H and O–H groups in total. The maximum atomic E-state index is 14.0. The molecule has 0 atom stereocenters. The predicted octanol–water partition coefficient (Wildman–Crippen LogP) is 3.31. The average molecular weight is 492 g/mol. The average Bonchev–Trinajstić information content (AvgIpc) is 2.99. The second-order valence-electron chi connectivity index (χ2n) is 8.10. The third-order valence-corrected chi connectivity index (χ3v) is 7.04. The van der Waals surface area contributed by atoms with Crippen molar-refractivity contribution in [3.05, 3.63) is 51.7 Å². The number of hydrogen-bond acceptors (Lipinski definition) is 8. The van der Waals surface area contributed by atoms with Crippen LogP contribution in [0.1, 0.15) is 44.0 Å². The van der Waals surface area contributed by atoms with Crippen LogP contribution >= 0.6 is 11.3 Å². The summed E-state index contributed by atoms with van der Waals surface area (Å²) < 4.78 is 23.6. The van der Waals surface area contributed by atoms with Crippen LogP contribution in [0.5, 0.6) is 0 Å². The quantitative estimate of drug-likeness (QED) is 0.567. The maximum absolute atomic E-state index is 14.0. The van der Waals surface area contributed by atoms with Gasteiger partial charge in [0.15, 0.2) is 0 Å². The van der Waals surface area contributed by atoms with Gasteiger partial charge in [-0.3, -0.25) is 9.69 Å². The second-order valence-corrected chi connectivity index (χ2v) is 9.13. The number of esters is 2. The van der Waals surface area contributed by atoms with Crippen molar-refractivity contribution in [3.63, 3.8) is 0 Å². The molecule has 0 bridgehead atoms. The number of amides is 1. The van der Waals surface area contributed by atoms with Crippen LogP contribution in [0.3, 0.4) is 0 Å². The van der Waals surface area contributed by atoms with E-state index in [2.05, 4.69) is 15.1 Å². The first-order valence-electron chi connectivity index (χ1n) is 11.1. The summed E-state index contributed by atoms with van der Waals surface area (Å²) in [4.78, 5) is 41.6. The van der Waals surface area contributed by atoms with Gasteiger partial charge in [0.2, 0.25) is 5.91 Å². The van der Waals surface area contributed by atoms with E-state index in [0.29, 0.717) is 24.2 Å². The van der Waals surface area contributed by atoms with E-state index in [0.717, 1.165) is 43.9 Å². The van der Waals surface area contributed by atoms with Crippen LogP contribution in [0.15, 0.2) is 24.3 Å². The highest BCUT2D eigenvalue weighted by Crippen LogP contribution is 2.34. The highest BCUT2D eigenvalue weighted by Gasteiger charge is 2.27. The minimum atomic E-state index is -0.623. The van der Waals surface area contributed by atoms with Gasteiger partial charge in [-0.2, -0.15) is 0 Å². The first-order chi connectivity index (χ1) is 16.3. The van der Waals surface area contributed by atoms with Gasteiger partial charge in [0.25, 0.3) is 0 Å². The van der Waals surface area contributed by atoms with E-state index < -0.39 is 11.9 Å². The molecule has 2 aromatic rings. The Morgan fingerprint density at radius 1 is 1.03 bits per heavy atom. The van der Waals surface area contributed by atoms with Crippen LogP contribution in [-0.2, 0) is 20.8 Å². The van der Waals surface area contributed by atoms with Crippen molar-refractivity contribution in [2.24, 2.45) is 0 Å². The fraction of sp³-hybridized carbons (Fsp3) is 0.458. The molecule has 1 aliphatic rings. The Hall–Kier alpha value is -2.82. The van der Waals surface area contributed by atoms with Gasteiger partial charge in [-0.15, -0.1) is 11.3 Å². The summed E-state index contributed by atoms with van der Waals surface area (Å²) in [7, 11) is 2.51. The van der Waals surface area contributed by atoms with Gasteiger partial charge in [0.1, 0.15) is 15.7 Å². The molecule has 0 unspecified atom stereocenters. The third kappa shape index (κ3) is 6.40. The Balaban J connectivity index is 1.55. The van der Waals surface area contributed by atoms with Crippen molar-refractivity contribution < 1.29 is 28.2 Å². The van der Waals surface area contributed by atoms with E-state index >= 15 is 0 Å². The van der Waals surface area contributed by atoms with Crippen LogP contribution < -0.4 is 5.32 Å². The number of hydrogen-bond donors (Lipinski definition) is 1. The normalized spacial score (nSPS) is 14.9. The molecular weight excluding hydrogens is 461 g/mol. The van der Waals surface area contributed by atoms with E-state index in [1.54, 1.807) is 13.0 Å². The molecule has 0 aliphatic carbocycles. The number of nitrogens with zero attached hydrogens (tertiary/aromatic N) is 2. The van der Waals surface area contributed by atoms with Crippen molar-refractivity contribution in [3.8, 4) is 0 Å². The van der Waals surface area contributed by atoms with Gasteiger partial charge in [-0.1, -0.05) is 18.2 Å². The summed E-state index contributed by atoms with van der Waals surface area (Å²) in [6.45, 7) is 6.02. The first kappa shape index (κ1) is 25.8. The van der Waals surface area contributed by atoms with Crippen LogP contribution in [-0.4, -0.2) is 74.6 Å². The van der Waals surface area contributed by atoms with Gasteiger partial charge in [-0.05, 0) is 38.1 Å². The molecule has 0 radical (unpaired) electrons. The number of benzene rings is 1. The van der Waals surface area contributed by atoms with E-state index in [1.165, 1.54) is 20.3 Å². The molecule has 1 amide bonds. The van der Waals surface area contributed by atoms with Crippen molar-refractivity contribution in [1.29, 1.82) is 0 Å². The van der Waals surface area contributed by atoms with E-state index in [-0.39, 0.29) is 33.6 Å². The number of carbonyl (C=O) groups is 3. The molecule has 0 saturated carbocycles. The summed E-state index contributed by atoms with van der Waals surface area (Å²) in [5, 5.41) is 3.04. The minimum absolute atomic E-state index is 0.166. The van der Waals surface area contributed by atoms with E-state index in [4.69, 9.17) is 9.47 Å². The Morgan fingerprint density at radius 2 is 1.71 bits per heavy atom. The second kappa shape index (κ2) is 12.0. The first-order valence-corrected chi connectivity index (χ1v) is 11.9. The topological polar surface area (TPSA) is 88.2 Å². The molecule has 0 spiro atoms. The molecule has 1 aliphatic heterocycles. The largest absolute Gasteiger partial charge is 0.465 e. The van der Waals surface area contributed by atoms with Gasteiger partial charge in [0, 0.05) is 38.2 Å². The zero-order valence-electron chi connectivity index (χ0n) is 19.7. The van der Waals surface area contributed by atoms with Gasteiger partial charge >= 0.3 is 11.9 Å². The summed E-state index contributed by atoms with van der Waals surface area (Å²) in [5.74, 6) is -1.64. The summed E-state index contributed by atoms with van der Waals surface area (Å²) in [5.41, 5.74) is 1.27. The van der Waals surface area contributed by atoms with Gasteiger partial charge < -0.3 is 19.7 Å². The highest BCUT2D eigenvalue weighted by molar-refractivity contribution is 7.18. The van der Waals surface area contributed by atoms with E-state index in [1.807, 2.05) is 12.1 Å². The molecule has 2 heterocycles. The number of methoxy groups -OCH3 is 2. The predicted molar refractivity (Wildman–Crippen MR) is 128 cm³/mol. The highest BCUT2D eigenvalue weighted by atomic mass is 32.1. The van der Waals surface area contributed by atoms with Crippen LogP contribution in [0.4, 0.5) is 9.39 Å². The molecule has 10 heteroatoms. The molecule has 184 valence electrons. The van der Waals surface area contributed by atoms with Crippen LogP contribution in [0, 0.1) is 12.7 Å². The Labute approximate surface area is 202 Å². The Bertz CT molecular complexity index is 1040.